The normalized spacial score (nSPS) is 20.2. The lowest BCUT2D eigenvalue weighted by atomic mass is 9.87. The minimum atomic E-state index is -5.88. The van der Waals surface area contributed by atoms with Gasteiger partial charge in [0.05, 0.1) is 16.5 Å². The third-order valence-corrected chi connectivity index (χ3v) is 11.2. The number of ether oxygens (including phenoxy) is 3. The minimum Gasteiger partial charge on any atom is -0.451 e. The van der Waals surface area contributed by atoms with Crippen molar-refractivity contribution in [2.24, 2.45) is 0 Å². The Morgan fingerprint density at radius 3 is 1.60 bits per heavy atom. The van der Waals surface area contributed by atoms with Gasteiger partial charge in [-0.3, -0.25) is 4.55 Å². The van der Waals surface area contributed by atoms with Gasteiger partial charge in [-0.15, -0.1) is 0 Å². The fourth-order valence-electron chi connectivity index (χ4n) is 4.74. The molecule has 0 spiro atoms. The predicted molar refractivity (Wildman–Crippen MR) is 166 cm³/mol. The number of carbonyl (C=O) groups excluding carboxylic acids is 1. The van der Waals surface area contributed by atoms with Gasteiger partial charge in [0.2, 0.25) is 0 Å². The van der Waals surface area contributed by atoms with Gasteiger partial charge in [-0.05, 0) is 85.5 Å². The summed E-state index contributed by atoms with van der Waals surface area (Å²) in [7, 11) is -6.86. The van der Waals surface area contributed by atoms with Crippen LogP contribution in [0.4, 0.5) is 35.1 Å². The van der Waals surface area contributed by atoms with Gasteiger partial charge in [-0.1, -0.05) is 32.9 Å². The van der Waals surface area contributed by atoms with Crippen LogP contribution in [0.5, 0.6) is 0 Å². The molecule has 17 heteroatoms. The molecule has 4 rings (SSSR count). The van der Waals surface area contributed by atoms with Crippen LogP contribution in [0, 0.1) is 0 Å². The average molecular weight is 758 g/mol. The molecule has 274 valence electrons. The van der Waals surface area contributed by atoms with E-state index in [0.717, 1.165) is 17.4 Å². The van der Waals surface area contributed by atoms with E-state index in [4.69, 9.17) is 14.0 Å². The van der Waals surface area contributed by atoms with E-state index in [0.29, 0.717) is 16.7 Å². The first-order chi connectivity index (χ1) is 22.7. The van der Waals surface area contributed by atoms with Gasteiger partial charge in [0, 0.05) is 5.56 Å². The van der Waals surface area contributed by atoms with Crippen LogP contribution < -0.4 is 0 Å². The molecule has 3 aromatic rings. The monoisotopic (exact) mass is 757 g/mol. The smallest absolute Gasteiger partial charge is 0.405 e. The van der Waals surface area contributed by atoms with Crippen LogP contribution in [0.1, 0.15) is 56.1 Å². The number of esters is 1. The number of halogens is 8. The summed E-state index contributed by atoms with van der Waals surface area (Å²) in [4.78, 5) is 14.5. The second-order valence-electron chi connectivity index (χ2n) is 12.7. The molecular weight excluding hydrogens is 724 g/mol. The van der Waals surface area contributed by atoms with Gasteiger partial charge in [0.1, 0.15) is 13.2 Å². The molecule has 7 nitrogen and oxygen atoms in total. The number of alkyl halides is 8. The second-order valence-corrected chi connectivity index (χ2v) is 16.2. The zero-order chi connectivity index (χ0) is 37.7. The molecule has 0 aromatic heterocycles. The van der Waals surface area contributed by atoms with E-state index in [2.05, 4.69) is 4.74 Å². The molecule has 2 unspecified atom stereocenters. The number of carbonyl (C=O) groups is 1. The van der Waals surface area contributed by atoms with Gasteiger partial charge in [0.25, 0.3) is 0 Å². The van der Waals surface area contributed by atoms with Crippen LogP contribution in [-0.4, -0.2) is 61.3 Å². The summed E-state index contributed by atoms with van der Waals surface area (Å²) in [6.07, 6.45) is -2.53. The summed E-state index contributed by atoms with van der Waals surface area (Å²) in [5.74, 6) is -19.7. The predicted octanol–water partition coefficient (Wildman–Crippen LogP) is 8.23. The maximum absolute atomic E-state index is 14.2. The van der Waals surface area contributed by atoms with Crippen molar-refractivity contribution in [2.75, 3.05) is 13.2 Å². The maximum atomic E-state index is 14.2. The Bertz CT molecular complexity index is 1770. The SMILES string of the molecule is CC(OC(=O)c1ccc([S+](c2ccc(C(C)(C)C)cc2)c2ccc(C3(C)OCC(F)(F)C(F)(F)C(F)(F)CO3)cc2)cc1)C(F)(F)S(=O)(=O)O. The number of hydrogen-bond acceptors (Lipinski definition) is 6. The van der Waals surface area contributed by atoms with Crippen LogP contribution in [0.2, 0.25) is 0 Å². The van der Waals surface area contributed by atoms with E-state index in [1.807, 2.05) is 45.0 Å². The van der Waals surface area contributed by atoms with Gasteiger partial charge in [-0.25, -0.2) is 4.79 Å². The molecule has 0 bridgehead atoms. The largest absolute Gasteiger partial charge is 0.451 e. The zero-order valence-corrected chi connectivity index (χ0v) is 28.8. The Morgan fingerprint density at radius 2 is 1.20 bits per heavy atom. The highest BCUT2D eigenvalue weighted by atomic mass is 32.2. The van der Waals surface area contributed by atoms with Gasteiger partial charge in [0.15, 0.2) is 26.6 Å². The van der Waals surface area contributed by atoms with E-state index >= 15 is 0 Å². The molecule has 1 N–H and O–H groups in total. The molecule has 1 saturated heterocycles. The number of benzene rings is 3. The Kier molecular flexibility index (Phi) is 10.6. The lowest BCUT2D eigenvalue weighted by Gasteiger charge is -2.40. The van der Waals surface area contributed by atoms with Crippen molar-refractivity contribution in [2.45, 2.75) is 89.6 Å². The summed E-state index contributed by atoms with van der Waals surface area (Å²) in [6, 6.07) is 18.7. The molecular formula is C33H33F8O7S2+. The third kappa shape index (κ3) is 7.66. The molecule has 3 aromatic carbocycles. The van der Waals surface area contributed by atoms with Crippen LogP contribution in [-0.2, 0) is 46.4 Å². The fourth-order valence-corrected chi connectivity index (χ4v) is 7.25. The highest BCUT2D eigenvalue weighted by Crippen LogP contribution is 2.49. The van der Waals surface area contributed by atoms with Crippen LogP contribution in [0.15, 0.2) is 87.5 Å². The van der Waals surface area contributed by atoms with Crippen molar-refractivity contribution in [3.8, 4) is 0 Å². The molecule has 0 amide bonds. The zero-order valence-electron chi connectivity index (χ0n) is 27.2. The first kappa shape index (κ1) is 39.5. The number of hydrogen-bond donors (Lipinski definition) is 1. The Labute approximate surface area is 286 Å². The van der Waals surface area contributed by atoms with E-state index in [1.54, 1.807) is 0 Å². The van der Waals surface area contributed by atoms with Crippen LogP contribution in [0.3, 0.4) is 0 Å². The molecule has 1 aliphatic rings. The lowest BCUT2D eigenvalue weighted by Crippen LogP contribution is -2.61. The third-order valence-electron chi connectivity index (χ3n) is 7.97. The lowest BCUT2D eigenvalue weighted by molar-refractivity contribution is -0.387. The maximum Gasteiger partial charge on any atom is 0.405 e. The molecule has 0 radical (unpaired) electrons. The Morgan fingerprint density at radius 1 is 0.800 bits per heavy atom. The summed E-state index contributed by atoms with van der Waals surface area (Å²) in [6.45, 7) is 3.57. The highest BCUT2D eigenvalue weighted by Gasteiger charge is 2.73. The standard InChI is InChI=1S/C33H32F8O7S2/c1-20(32(38,39)50(43,44)45)48-27(42)21-6-12-24(13-7-21)49(25-14-8-22(9-15-25)28(2,3)4)26-16-10-23(11-17-26)29(5)46-18-30(34,35)33(40,41)31(36,37)19-47-29/h6-17,20H,18-19H2,1-5H3/p+1. The minimum absolute atomic E-state index is 0.0291. The van der Waals surface area contributed by atoms with Crippen LogP contribution in [0.25, 0.3) is 0 Å². The van der Waals surface area contributed by atoms with E-state index in [-0.39, 0.29) is 16.5 Å². The first-order valence-electron chi connectivity index (χ1n) is 14.8. The summed E-state index contributed by atoms with van der Waals surface area (Å²) in [5, 5.41) is -4.77. The van der Waals surface area contributed by atoms with Crippen molar-refractivity contribution in [3.05, 3.63) is 89.5 Å². The summed E-state index contributed by atoms with van der Waals surface area (Å²) in [5.41, 5.74) is 0.548. The van der Waals surface area contributed by atoms with Crippen molar-refractivity contribution < 1.29 is 67.1 Å². The molecule has 50 heavy (non-hydrogen) atoms. The molecule has 0 aliphatic carbocycles. The summed E-state index contributed by atoms with van der Waals surface area (Å²) >= 11 is 0. The van der Waals surface area contributed by atoms with E-state index in [9.17, 15) is 48.3 Å². The highest BCUT2D eigenvalue weighted by molar-refractivity contribution is 7.97. The van der Waals surface area contributed by atoms with Crippen molar-refractivity contribution >= 4 is 27.0 Å². The molecule has 1 aliphatic heterocycles. The molecule has 1 fully saturated rings. The molecule has 1 heterocycles. The van der Waals surface area contributed by atoms with Gasteiger partial charge >= 0.3 is 39.1 Å². The van der Waals surface area contributed by atoms with E-state index in [1.165, 1.54) is 48.5 Å². The number of rotatable bonds is 8. The van der Waals surface area contributed by atoms with Gasteiger partial charge in [-0.2, -0.15) is 43.5 Å². The van der Waals surface area contributed by atoms with E-state index < -0.39 is 75.1 Å². The fraction of sp³-hybridized carbons (Fsp3) is 0.424. The van der Waals surface area contributed by atoms with Crippen molar-refractivity contribution in [1.82, 2.24) is 0 Å². The molecule has 2 atom stereocenters. The quantitative estimate of drug-likeness (QED) is 0.107. The molecule has 0 saturated carbocycles. The Hall–Kier alpha value is -3.25. The average Bonchev–Trinajstić information content (AvgIpc) is 3.02. The Balaban J connectivity index is 1.69. The van der Waals surface area contributed by atoms with Crippen molar-refractivity contribution in [3.63, 3.8) is 0 Å². The second kappa shape index (κ2) is 13.4. The first-order valence-corrected chi connectivity index (χ1v) is 17.4. The topological polar surface area (TPSA) is 99.1 Å². The summed E-state index contributed by atoms with van der Waals surface area (Å²) < 4.78 is 158. The van der Waals surface area contributed by atoms with Gasteiger partial charge < -0.3 is 14.2 Å². The van der Waals surface area contributed by atoms with Crippen LogP contribution >= 0.6 is 0 Å². The van der Waals surface area contributed by atoms with Crippen molar-refractivity contribution in [1.29, 1.82) is 0 Å².